The Labute approximate surface area is 190 Å². The van der Waals surface area contributed by atoms with Gasteiger partial charge in [0, 0.05) is 34.8 Å². The highest BCUT2D eigenvalue weighted by molar-refractivity contribution is 6.34. The van der Waals surface area contributed by atoms with Gasteiger partial charge in [0.1, 0.15) is 18.1 Å². The Bertz CT molecular complexity index is 1010. The van der Waals surface area contributed by atoms with Crippen LogP contribution in [0, 0.1) is 11.8 Å². The second-order valence-corrected chi connectivity index (χ2v) is 9.26. The molecular formula is C23H21Cl2NO5. The summed E-state index contributed by atoms with van der Waals surface area (Å²) in [5.41, 5.74) is 1.66. The summed E-state index contributed by atoms with van der Waals surface area (Å²) in [4.78, 5) is 25.7. The van der Waals surface area contributed by atoms with Gasteiger partial charge in [-0.25, -0.2) is 4.79 Å². The van der Waals surface area contributed by atoms with E-state index in [0.29, 0.717) is 47.1 Å². The zero-order valence-corrected chi connectivity index (χ0v) is 18.2. The van der Waals surface area contributed by atoms with E-state index in [1.165, 1.54) is 0 Å². The molecule has 1 aliphatic carbocycles. The summed E-state index contributed by atoms with van der Waals surface area (Å²) in [5.74, 6) is 1.87. The predicted octanol–water partition coefficient (Wildman–Crippen LogP) is 4.88. The van der Waals surface area contributed by atoms with Crippen LogP contribution in [0.2, 0.25) is 10.0 Å². The fourth-order valence-electron chi connectivity index (χ4n) is 4.78. The zero-order chi connectivity index (χ0) is 21.5. The first-order valence-corrected chi connectivity index (χ1v) is 11.1. The molecule has 5 rings (SSSR count). The first-order chi connectivity index (χ1) is 14.9. The molecule has 162 valence electrons. The minimum atomic E-state index is -0.316. The molecule has 0 N–H and O–H groups in total. The molecule has 1 saturated heterocycles. The lowest BCUT2D eigenvalue weighted by atomic mass is 10.0. The molecule has 2 fully saturated rings. The van der Waals surface area contributed by atoms with Crippen molar-refractivity contribution >= 4 is 35.3 Å². The maximum absolute atomic E-state index is 12.5. The molecule has 1 amide bonds. The number of hydrogen-bond donors (Lipinski definition) is 0. The van der Waals surface area contributed by atoms with Crippen molar-refractivity contribution in [3.8, 4) is 11.5 Å². The molecule has 0 bridgehead atoms. The fraction of sp³-hybridized carbons (Fsp3) is 0.391. The largest absolute Gasteiger partial charge is 0.490 e. The first-order valence-electron chi connectivity index (χ1n) is 10.3. The standard InChI is InChI=1S/C23H21Cl2NO5/c24-17-3-13(4-18(25)8-17)12-29-23(28)26-10-15-5-20(6-16(15)11-26)30-19-2-1-14-7-22(27)31-21(14)9-19/h1-4,8-9,15-16,20H,5-7,10-12H2/t15-,16+,20?. The number of ether oxygens (including phenoxy) is 3. The maximum Gasteiger partial charge on any atom is 0.410 e. The third-order valence-corrected chi connectivity index (χ3v) is 6.59. The molecule has 6 nitrogen and oxygen atoms in total. The van der Waals surface area contributed by atoms with Gasteiger partial charge in [-0.2, -0.15) is 0 Å². The van der Waals surface area contributed by atoms with Crippen molar-refractivity contribution in [1.82, 2.24) is 4.90 Å². The Hall–Kier alpha value is -2.44. The van der Waals surface area contributed by atoms with E-state index in [1.807, 2.05) is 12.1 Å². The number of fused-ring (bicyclic) bond motifs is 2. The van der Waals surface area contributed by atoms with E-state index in [9.17, 15) is 9.59 Å². The Morgan fingerprint density at radius 2 is 1.77 bits per heavy atom. The summed E-state index contributed by atoms with van der Waals surface area (Å²) >= 11 is 12.0. The van der Waals surface area contributed by atoms with Crippen LogP contribution in [0.5, 0.6) is 11.5 Å². The molecule has 0 radical (unpaired) electrons. The maximum atomic E-state index is 12.5. The van der Waals surface area contributed by atoms with Gasteiger partial charge in [0.05, 0.1) is 12.5 Å². The Balaban J connectivity index is 1.12. The number of halogens is 2. The number of esters is 1. The number of benzene rings is 2. The summed E-state index contributed by atoms with van der Waals surface area (Å²) in [6, 6.07) is 10.7. The van der Waals surface area contributed by atoms with E-state index in [0.717, 1.165) is 29.7 Å². The van der Waals surface area contributed by atoms with Gasteiger partial charge < -0.3 is 19.1 Å². The topological polar surface area (TPSA) is 65.1 Å². The zero-order valence-electron chi connectivity index (χ0n) is 16.7. The number of carbonyl (C=O) groups excluding carboxylic acids is 2. The van der Waals surface area contributed by atoms with Crippen LogP contribution in [0.4, 0.5) is 4.79 Å². The summed E-state index contributed by atoms with van der Waals surface area (Å²) in [6.45, 7) is 1.47. The summed E-state index contributed by atoms with van der Waals surface area (Å²) < 4.78 is 16.8. The second-order valence-electron chi connectivity index (χ2n) is 8.39. The van der Waals surface area contributed by atoms with Gasteiger partial charge in [-0.15, -0.1) is 0 Å². The summed E-state index contributed by atoms with van der Waals surface area (Å²) in [7, 11) is 0. The van der Waals surface area contributed by atoms with E-state index in [4.69, 9.17) is 37.4 Å². The van der Waals surface area contributed by atoms with Crippen LogP contribution in [0.25, 0.3) is 0 Å². The highest BCUT2D eigenvalue weighted by Crippen LogP contribution is 2.41. The number of likely N-dealkylation sites (tertiary alicyclic amines) is 1. The normalized spacial score (nSPS) is 24.0. The molecule has 3 aliphatic rings. The molecule has 2 aromatic carbocycles. The minimum absolute atomic E-state index is 0.0944. The minimum Gasteiger partial charge on any atom is -0.490 e. The molecule has 2 aliphatic heterocycles. The van der Waals surface area contributed by atoms with Crippen LogP contribution in [0.1, 0.15) is 24.0 Å². The molecule has 0 aromatic heterocycles. The smallest absolute Gasteiger partial charge is 0.410 e. The second kappa shape index (κ2) is 8.24. The molecule has 1 saturated carbocycles. The van der Waals surface area contributed by atoms with Gasteiger partial charge in [0.25, 0.3) is 0 Å². The quantitative estimate of drug-likeness (QED) is 0.479. The van der Waals surface area contributed by atoms with Crippen LogP contribution in [0.3, 0.4) is 0 Å². The Morgan fingerprint density at radius 3 is 2.48 bits per heavy atom. The number of rotatable bonds is 4. The summed E-state index contributed by atoms with van der Waals surface area (Å²) in [5, 5.41) is 1.03. The molecule has 31 heavy (non-hydrogen) atoms. The lowest BCUT2D eigenvalue weighted by Crippen LogP contribution is -2.31. The van der Waals surface area contributed by atoms with Crippen molar-refractivity contribution < 1.29 is 23.8 Å². The van der Waals surface area contributed by atoms with Crippen LogP contribution in [-0.4, -0.2) is 36.2 Å². The van der Waals surface area contributed by atoms with E-state index in [1.54, 1.807) is 29.2 Å². The van der Waals surface area contributed by atoms with E-state index in [2.05, 4.69) is 0 Å². The van der Waals surface area contributed by atoms with E-state index < -0.39 is 0 Å². The molecule has 3 atom stereocenters. The van der Waals surface area contributed by atoms with Crippen LogP contribution < -0.4 is 9.47 Å². The molecule has 8 heteroatoms. The predicted molar refractivity (Wildman–Crippen MR) is 115 cm³/mol. The highest BCUT2D eigenvalue weighted by atomic mass is 35.5. The van der Waals surface area contributed by atoms with Crippen molar-refractivity contribution in [2.24, 2.45) is 11.8 Å². The van der Waals surface area contributed by atoms with Gasteiger partial charge >= 0.3 is 12.1 Å². The van der Waals surface area contributed by atoms with Crippen LogP contribution in [0.15, 0.2) is 36.4 Å². The highest BCUT2D eigenvalue weighted by Gasteiger charge is 2.43. The average molecular weight is 462 g/mol. The average Bonchev–Trinajstić information content (AvgIpc) is 3.37. The van der Waals surface area contributed by atoms with Crippen molar-refractivity contribution in [1.29, 1.82) is 0 Å². The monoisotopic (exact) mass is 461 g/mol. The molecular weight excluding hydrogens is 441 g/mol. The molecule has 2 aromatic rings. The van der Waals surface area contributed by atoms with Gasteiger partial charge in [0.2, 0.25) is 0 Å². The first kappa shape index (κ1) is 20.5. The number of hydrogen-bond acceptors (Lipinski definition) is 5. The third kappa shape index (κ3) is 4.46. The molecule has 1 unspecified atom stereocenters. The van der Waals surface area contributed by atoms with Crippen molar-refractivity contribution in [3.05, 3.63) is 57.6 Å². The molecule has 0 spiro atoms. The summed E-state index contributed by atoms with van der Waals surface area (Å²) in [6.07, 6.45) is 1.87. The van der Waals surface area contributed by atoms with Crippen molar-refractivity contribution in [2.75, 3.05) is 13.1 Å². The Morgan fingerprint density at radius 1 is 1.06 bits per heavy atom. The van der Waals surface area contributed by atoms with Gasteiger partial charge in [-0.3, -0.25) is 4.79 Å². The van der Waals surface area contributed by atoms with E-state index in [-0.39, 0.29) is 24.8 Å². The van der Waals surface area contributed by atoms with Crippen molar-refractivity contribution in [2.45, 2.75) is 32.0 Å². The number of carbonyl (C=O) groups is 2. The van der Waals surface area contributed by atoms with E-state index >= 15 is 0 Å². The van der Waals surface area contributed by atoms with Crippen LogP contribution in [-0.2, 0) is 22.6 Å². The number of amides is 1. The van der Waals surface area contributed by atoms with Gasteiger partial charge in [0.15, 0.2) is 0 Å². The Kier molecular flexibility index (Phi) is 5.44. The lowest BCUT2D eigenvalue weighted by molar-refractivity contribution is -0.131. The third-order valence-electron chi connectivity index (χ3n) is 6.15. The van der Waals surface area contributed by atoms with Crippen molar-refractivity contribution in [3.63, 3.8) is 0 Å². The number of nitrogens with zero attached hydrogens (tertiary/aromatic N) is 1. The van der Waals surface area contributed by atoms with Gasteiger partial charge in [-0.05, 0) is 54.5 Å². The fourth-order valence-corrected chi connectivity index (χ4v) is 5.35. The van der Waals surface area contributed by atoms with Gasteiger partial charge in [-0.1, -0.05) is 29.3 Å². The SMILES string of the molecule is O=C1Cc2ccc(OC3C[C@@H]4CN(C(=O)OCc5cc(Cl)cc(Cl)c5)C[C@@H]4C3)cc2O1. The lowest BCUT2D eigenvalue weighted by Gasteiger charge is -2.20. The van der Waals surface area contributed by atoms with Crippen LogP contribution >= 0.6 is 23.2 Å². The molecule has 2 heterocycles.